The van der Waals surface area contributed by atoms with Crippen LogP contribution in [0.4, 0.5) is 10.1 Å². The van der Waals surface area contributed by atoms with E-state index in [4.69, 9.17) is 0 Å². The first kappa shape index (κ1) is 19.7. The normalized spacial score (nSPS) is 27.6. The van der Waals surface area contributed by atoms with E-state index in [0.717, 1.165) is 38.5 Å². The fraction of sp³-hybridized carbons (Fsp3) is 0.500. The van der Waals surface area contributed by atoms with Gasteiger partial charge >= 0.3 is 0 Å². The minimum atomic E-state index is -0.295. The fourth-order valence-electron chi connectivity index (χ4n) is 6.37. The predicted molar refractivity (Wildman–Crippen MR) is 119 cm³/mol. The highest BCUT2D eigenvalue weighted by Gasteiger charge is 2.53. The van der Waals surface area contributed by atoms with Crippen LogP contribution in [-0.2, 0) is 5.41 Å². The molecule has 2 aliphatic heterocycles. The maximum absolute atomic E-state index is 13.1. The molecular weight excluding hydrogens is 375 g/mol. The molecule has 30 heavy (non-hydrogen) atoms. The third-order valence-corrected chi connectivity index (χ3v) is 7.98. The number of anilines is 1. The van der Waals surface area contributed by atoms with Crippen LogP contribution in [0.2, 0.25) is 0 Å². The Bertz CT molecular complexity index is 956. The molecule has 1 fully saturated rings. The summed E-state index contributed by atoms with van der Waals surface area (Å²) in [6, 6.07) is 12.8. The Hall–Kier alpha value is -2.20. The van der Waals surface area contributed by atoms with E-state index in [1.165, 1.54) is 30.7 Å². The van der Waals surface area contributed by atoms with Crippen molar-refractivity contribution in [3.05, 3.63) is 65.0 Å². The average molecular weight is 407 g/mol. The average Bonchev–Trinajstić information content (AvgIpc) is 3.01. The minimum absolute atomic E-state index is 0.113. The van der Waals surface area contributed by atoms with Gasteiger partial charge in [-0.1, -0.05) is 19.1 Å². The number of ketones is 1. The van der Waals surface area contributed by atoms with Crippen LogP contribution in [0.15, 0.2) is 42.5 Å². The molecule has 3 nitrogen and oxygen atoms in total. The summed E-state index contributed by atoms with van der Waals surface area (Å²) >= 11 is 0. The van der Waals surface area contributed by atoms with Crippen molar-refractivity contribution in [3.8, 4) is 0 Å². The number of likely N-dealkylation sites (tertiary alicyclic amines) is 1. The van der Waals surface area contributed by atoms with Gasteiger partial charge < -0.3 is 9.80 Å². The third kappa shape index (κ3) is 3.17. The minimum Gasteiger partial charge on any atom is -0.374 e. The molecule has 3 aliphatic rings. The van der Waals surface area contributed by atoms with Gasteiger partial charge in [0.1, 0.15) is 5.82 Å². The number of hydrogen-bond donors (Lipinski definition) is 0. The largest absolute Gasteiger partial charge is 0.374 e. The van der Waals surface area contributed by atoms with E-state index in [9.17, 15) is 9.18 Å². The first-order valence-corrected chi connectivity index (χ1v) is 11.3. The SMILES string of the molecule is CN1CCC2(C)c3c(cccc31)[C@@H]1CN(CCCC(=O)c3ccc(F)cc3)CC[C@@H]12. The second-order valence-electron chi connectivity index (χ2n) is 9.67. The monoisotopic (exact) mass is 406 g/mol. The Labute approximate surface area is 178 Å². The summed E-state index contributed by atoms with van der Waals surface area (Å²) in [5.41, 5.74) is 5.55. The molecule has 0 radical (unpaired) electrons. The molecule has 4 heteroatoms. The fourth-order valence-corrected chi connectivity index (χ4v) is 6.37. The molecule has 0 aromatic heterocycles. The lowest BCUT2D eigenvalue weighted by Gasteiger charge is -2.45. The molecule has 2 heterocycles. The van der Waals surface area contributed by atoms with Gasteiger partial charge in [-0.25, -0.2) is 4.39 Å². The van der Waals surface area contributed by atoms with E-state index in [0.29, 0.717) is 23.3 Å². The zero-order valence-electron chi connectivity index (χ0n) is 18.0. The molecule has 0 N–H and O–H groups in total. The highest BCUT2D eigenvalue weighted by atomic mass is 19.1. The van der Waals surface area contributed by atoms with Gasteiger partial charge in [-0.2, -0.15) is 0 Å². The Morgan fingerprint density at radius 2 is 1.97 bits per heavy atom. The lowest BCUT2D eigenvalue weighted by atomic mass is 9.67. The summed E-state index contributed by atoms with van der Waals surface area (Å²) < 4.78 is 13.1. The number of Topliss-reactive ketones (excluding diaryl/α,β-unsaturated/α-hetero) is 1. The predicted octanol–water partition coefficient (Wildman–Crippen LogP) is 5.01. The zero-order chi connectivity index (χ0) is 20.9. The Balaban J connectivity index is 1.25. The van der Waals surface area contributed by atoms with E-state index >= 15 is 0 Å². The molecule has 3 atom stereocenters. The van der Waals surface area contributed by atoms with E-state index in [-0.39, 0.29) is 11.6 Å². The molecule has 0 amide bonds. The van der Waals surface area contributed by atoms with Crippen LogP contribution in [-0.4, -0.2) is 43.9 Å². The molecule has 2 aromatic rings. The van der Waals surface area contributed by atoms with Gasteiger partial charge in [-0.05, 0) is 85.1 Å². The molecule has 0 saturated carbocycles. The number of carbonyl (C=O) groups is 1. The van der Waals surface area contributed by atoms with Crippen molar-refractivity contribution in [1.29, 1.82) is 0 Å². The van der Waals surface area contributed by atoms with Gasteiger partial charge in [-0.3, -0.25) is 4.79 Å². The molecular formula is C26H31FN2O. The Morgan fingerprint density at radius 3 is 2.77 bits per heavy atom. The standard InChI is InChI=1S/C26H31FN2O/c1-26-13-16-28(2)23-6-3-5-20(25(23)26)21-17-29(15-12-22(21)26)14-4-7-24(30)18-8-10-19(27)11-9-18/h3,5-6,8-11,21-22H,4,7,12-17H2,1-2H3/t21-,22-,26?/m0/s1. The molecule has 2 aromatic carbocycles. The van der Waals surface area contributed by atoms with Crippen molar-refractivity contribution >= 4 is 11.5 Å². The summed E-state index contributed by atoms with van der Waals surface area (Å²) in [7, 11) is 2.22. The quantitative estimate of drug-likeness (QED) is 0.653. The van der Waals surface area contributed by atoms with E-state index in [2.05, 4.69) is 42.0 Å². The summed E-state index contributed by atoms with van der Waals surface area (Å²) in [5, 5.41) is 0. The number of benzene rings is 2. The number of hydrogen-bond acceptors (Lipinski definition) is 3. The van der Waals surface area contributed by atoms with Crippen molar-refractivity contribution in [2.45, 2.75) is 43.9 Å². The number of halogens is 1. The van der Waals surface area contributed by atoms with Crippen LogP contribution < -0.4 is 4.90 Å². The van der Waals surface area contributed by atoms with Gasteiger partial charge in [0.15, 0.2) is 5.78 Å². The van der Waals surface area contributed by atoms with Crippen molar-refractivity contribution in [1.82, 2.24) is 4.90 Å². The van der Waals surface area contributed by atoms with Crippen molar-refractivity contribution < 1.29 is 9.18 Å². The van der Waals surface area contributed by atoms with Gasteiger partial charge in [0.25, 0.3) is 0 Å². The lowest BCUT2D eigenvalue weighted by Crippen LogP contribution is -2.45. The highest BCUT2D eigenvalue weighted by Crippen LogP contribution is 2.59. The highest BCUT2D eigenvalue weighted by molar-refractivity contribution is 5.95. The molecule has 0 bridgehead atoms. The van der Waals surface area contributed by atoms with E-state index in [1.54, 1.807) is 23.3 Å². The van der Waals surface area contributed by atoms with E-state index in [1.807, 2.05) is 0 Å². The van der Waals surface area contributed by atoms with E-state index < -0.39 is 0 Å². The number of rotatable bonds is 5. The Kier molecular flexibility index (Phi) is 4.93. The second-order valence-corrected chi connectivity index (χ2v) is 9.67. The smallest absolute Gasteiger partial charge is 0.162 e. The lowest BCUT2D eigenvalue weighted by molar-refractivity contribution is 0.0956. The maximum atomic E-state index is 13.1. The number of carbonyl (C=O) groups excluding carboxylic acids is 1. The number of piperidine rings is 1. The van der Waals surface area contributed by atoms with Crippen molar-refractivity contribution in [3.63, 3.8) is 0 Å². The molecule has 0 spiro atoms. The zero-order valence-corrected chi connectivity index (χ0v) is 18.0. The summed E-state index contributed by atoms with van der Waals surface area (Å²) in [4.78, 5) is 17.4. The van der Waals surface area contributed by atoms with Gasteiger partial charge in [0.05, 0.1) is 0 Å². The van der Waals surface area contributed by atoms with Crippen molar-refractivity contribution in [2.75, 3.05) is 38.1 Å². The topological polar surface area (TPSA) is 23.6 Å². The molecule has 1 unspecified atom stereocenters. The van der Waals surface area contributed by atoms with Crippen LogP contribution in [0, 0.1) is 11.7 Å². The summed E-state index contributed by atoms with van der Waals surface area (Å²) in [5.74, 6) is 1.16. The summed E-state index contributed by atoms with van der Waals surface area (Å²) in [6.45, 7) is 6.84. The number of fused-ring (bicyclic) bond motifs is 3. The Morgan fingerprint density at radius 1 is 1.17 bits per heavy atom. The maximum Gasteiger partial charge on any atom is 0.162 e. The van der Waals surface area contributed by atoms with Crippen LogP contribution in [0.5, 0.6) is 0 Å². The molecule has 5 rings (SSSR count). The van der Waals surface area contributed by atoms with Gasteiger partial charge in [0.2, 0.25) is 0 Å². The molecule has 1 aliphatic carbocycles. The van der Waals surface area contributed by atoms with Crippen LogP contribution in [0.1, 0.15) is 60.0 Å². The first-order valence-electron chi connectivity index (χ1n) is 11.3. The third-order valence-electron chi connectivity index (χ3n) is 7.98. The first-order chi connectivity index (χ1) is 14.5. The van der Waals surface area contributed by atoms with Crippen LogP contribution in [0.3, 0.4) is 0 Å². The van der Waals surface area contributed by atoms with Gasteiger partial charge in [-0.15, -0.1) is 0 Å². The second kappa shape index (κ2) is 7.49. The number of nitrogens with zero attached hydrogens (tertiary/aromatic N) is 2. The molecule has 158 valence electrons. The van der Waals surface area contributed by atoms with Crippen LogP contribution in [0.25, 0.3) is 0 Å². The van der Waals surface area contributed by atoms with Crippen LogP contribution >= 0.6 is 0 Å². The van der Waals surface area contributed by atoms with Crippen molar-refractivity contribution in [2.24, 2.45) is 5.92 Å². The summed E-state index contributed by atoms with van der Waals surface area (Å²) in [6.07, 6.45) is 3.88. The molecule has 1 saturated heterocycles. The van der Waals surface area contributed by atoms with Gasteiger partial charge in [0, 0.05) is 43.7 Å².